The molecule has 19 heavy (non-hydrogen) atoms. The molecule has 0 aromatic heterocycles. The predicted octanol–water partition coefficient (Wildman–Crippen LogP) is -0.101. The zero-order valence-corrected chi connectivity index (χ0v) is 10.7. The number of hydrogen-bond acceptors (Lipinski definition) is 6. The molecular weight excluding hydrogens is 256 g/mol. The molecule has 0 bridgehead atoms. The van der Waals surface area contributed by atoms with E-state index in [1.165, 1.54) is 0 Å². The van der Waals surface area contributed by atoms with Gasteiger partial charge in [0.05, 0.1) is 0 Å². The summed E-state index contributed by atoms with van der Waals surface area (Å²) in [6.07, 6.45) is 3.39. The van der Waals surface area contributed by atoms with Gasteiger partial charge in [-0.1, -0.05) is 19.8 Å². The molecule has 3 aliphatic heterocycles. The lowest BCUT2D eigenvalue weighted by Crippen LogP contribution is -2.61. The van der Waals surface area contributed by atoms with Crippen molar-refractivity contribution in [1.82, 2.24) is 0 Å². The van der Waals surface area contributed by atoms with Gasteiger partial charge >= 0.3 is 23.0 Å². The molecule has 3 saturated heterocycles. The fourth-order valence-corrected chi connectivity index (χ4v) is 3.00. The van der Waals surface area contributed by atoms with E-state index in [4.69, 9.17) is 14.5 Å². The lowest BCUT2D eigenvalue weighted by atomic mass is 10.1. The Morgan fingerprint density at radius 1 is 1.05 bits per heavy atom. The summed E-state index contributed by atoms with van der Waals surface area (Å²) in [7, 11) is 0. The van der Waals surface area contributed by atoms with E-state index in [0.717, 1.165) is 19.3 Å². The van der Waals surface area contributed by atoms with Crippen molar-refractivity contribution in [3.8, 4) is 0 Å². The summed E-state index contributed by atoms with van der Waals surface area (Å²) in [5.41, 5.74) is 0. The topological polar surface area (TPSA) is 78.9 Å². The van der Waals surface area contributed by atoms with E-state index in [0.29, 0.717) is 6.42 Å². The molecule has 8 heteroatoms. The van der Waals surface area contributed by atoms with Gasteiger partial charge in [-0.3, -0.25) is 0 Å². The molecule has 3 heterocycles. The number of rotatable bonds is 4. The van der Waals surface area contributed by atoms with Gasteiger partial charge in [0, 0.05) is 6.42 Å². The number of carbonyl (C=O) groups excluding carboxylic acids is 3. The molecule has 0 saturated carbocycles. The smallest absolute Gasteiger partial charge is 0.238 e. The number of hydrogen-bond donors (Lipinski definition) is 0. The molecule has 8 nitrogen and oxygen atoms in total. The van der Waals surface area contributed by atoms with E-state index in [9.17, 15) is 14.4 Å². The first-order valence-electron chi connectivity index (χ1n) is 6.47. The van der Waals surface area contributed by atoms with Crippen LogP contribution in [0.5, 0.6) is 0 Å². The van der Waals surface area contributed by atoms with Crippen molar-refractivity contribution in [2.75, 3.05) is 13.1 Å². The first kappa shape index (κ1) is 12.4. The second kappa shape index (κ2) is 3.91. The van der Waals surface area contributed by atoms with Crippen LogP contribution in [-0.2, 0) is 28.9 Å². The number of quaternary nitrogens is 2. The lowest BCUT2D eigenvalue weighted by molar-refractivity contribution is -1.66. The van der Waals surface area contributed by atoms with Crippen LogP contribution < -0.4 is 0 Å². The average Bonchev–Trinajstić information content (AvgIpc) is 2.76. The molecule has 0 amide bonds. The highest BCUT2D eigenvalue weighted by atomic mass is 17.3. The zero-order valence-electron chi connectivity index (χ0n) is 10.7. The highest BCUT2D eigenvalue weighted by Crippen LogP contribution is 2.46. The van der Waals surface area contributed by atoms with E-state index in [2.05, 4.69) is 6.92 Å². The van der Waals surface area contributed by atoms with Gasteiger partial charge in [-0.2, -0.15) is 0 Å². The van der Waals surface area contributed by atoms with Gasteiger partial charge < -0.3 is 0 Å². The molecule has 0 spiro atoms. The molecule has 0 aromatic carbocycles. The van der Waals surface area contributed by atoms with Gasteiger partial charge in [0.1, 0.15) is 0 Å². The first-order chi connectivity index (χ1) is 9.03. The van der Waals surface area contributed by atoms with Gasteiger partial charge in [-0.05, 0) is 11.0 Å². The van der Waals surface area contributed by atoms with E-state index in [1.54, 1.807) is 0 Å². The van der Waals surface area contributed by atoms with Crippen molar-refractivity contribution in [3.05, 3.63) is 0 Å². The molecule has 1 atom stereocenters. The molecule has 104 valence electrons. The largest absolute Gasteiger partial charge is 0.447 e. The molecule has 3 fully saturated rings. The average molecular weight is 272 g/mol. The number of carbonyl (C=O) groups is 3. The van der Waals surface area contributed by atoms with Crippen molar-refractivity contribution in [1.29, 1.82) is 0 Å². The van der Waals surface area contributed by atoms with Crippen molar-refractivity contribution in [3.63, 3.8) is 0 Å². The van der Waals surface area contributed by atoms with Crippen LogP contribution in [0.1, 0.15) is 32.6 Å². The third kappa shape index (κ3) is 1.50. The Morgan fingerprint density at radius 2 is 1.68 bits per heavy atom. The van der Waals surface area contributed by atoms with Crippen LogP contribution in [0, 0.1) is 0 Å². The van der Waals surface area contributed by atoms with E-state index in [1.807, 2.05) is 0 Å². The monoisotopic (exact) mass is 272 g/mol. The predicted molar refractivity (Wildman–Crippen MR) is 56.5 cm³/mol. The van der Waals surface area contributed by atoms with Crippen LogP contribution in [0.15, 0.2) is 0 Å². The van der Waals surface area contributed by atoms with Gasteiger partial charge in [0.15, 0.2) is 0 Å². The minimum Gasteiger partial charge on any atom is -0.238 e. The van der Waals surface area contributed by atoms with Crippen LogP contribution in [0.25, 0.3) is 0 Å². The SMILES string of the molecule is CCCCCC1C(=O)O[N@+]23OC(=O)C[N@+]12CC(=O)O3. The maximum Gasteiger partial charge on any atom is 0.447 e. The lowest BCUT2D eigenvalue weighted by Gasteiger charge is -2.22. The molecular formula is C11H16N2O6+2. The summed E-state index contributed by atoms with van der Waals surface area (Å²) < 4.78 is -0.222. The third-order valence-corrected chi connectivity index (χ3v) is 3.87. The van der Waals surface area contributed by atoms with Crippen LogP contribution in [-0.4, -0.2) is 46.7 Å². The van der Waals surface area contributed by atoms with Crippen molar-refractivity contribution in [2.24, 2.45) is 0 Å². The summed E-state index contributed by atoms with van der Waals surface area (Å²) in [6.45, 7) is 1.91. The Balaban J connectivity index is 1.90. The number of nitrogens with zero attached hydrogens (tertiary/aromatic N) is 2. The minimum atomic E-state index is -1.08. The summed E-state index contributed by atoms with van der Waals surface area (Å²) in [4.78, 5) is 49.9. The van der Waals surface area contributed by atoms with Crippen LogP contribution in [0.3, 0.4) is 0 Å². The summed E-state index contributed by atoms with van der Waals surface area (Å²) >= 11 is 0. The molecule has 0 radical (unpaired) electrons. The van der Waals surface area contributed by atoms with Gasteiger partial charge in [-0.25, -0.2) is 14.4 Å². The number of unbranched alkanes of at least 4 members (excludes halogenated alkanes) is 2. The fourth-order valence-electron chi connectivity index (χ4n) is 3.00. The van der Waals surface area contributed by atoms with E-state index >= 15 is 0 Å². The van der Waals surface area contributed by atoms with Gasteiger partial charge in [0.2, 0.25) is 13.1 Å². The Bertz CT molecular complexity index is 442. The summed E-state index contributed by atoms with van der Waals surface area (Å²) in [5, 5.41) is -1.08. The van der Waals surface area contributed by atoms with Crippen molar-refractivity contribution in [2.45, 2.75) is 38.6 Å². The van der Waals surface area contributed by atoms with Crippen molar-refractivity contribution >= 4 is 17.9 Å². The normalized spacial score (nSPS) is 39.6. The molecule has 3 rings (SSSR count). The second-order valence-corrected chi connectivity index (χ2v) is 5.12. The molecule has 0 N–H and O–H groups in total. The molecule has 0 aromatic rings. The second-order valence-electron chi connectivity index (χ2n) is 5.12. The fraction of sp³-hybridized carbons (Fsp3) is 0.727. The summed E-state index contributed by atoms with van der Waals surface area (Å²) in [6, 6.07) is -0.579. The maximum absolute atomic E-state index is 12.0. The Labute approximate surface area is 109 Å². The highest BCUT2D eigenvalue weighted by Gasteiger charge is 2.86. The van der Waals surface area contributed by atoms with Crippen LogP contribution >= 0.6 is 0 Å². The Morgan fingerprint density at radius 3 is 2.26 bits per heavy atom. The standard InChI is InChI=1S/C11H16N2O6/c1-2-3-4-5-8-11(16)19-13-12(8,6-9(14)17-13)7-10(15)18-13/h8H,2-7H2,1H3/q+2/t8?,12-,13-. The summed E-state index contributed by atoms with van der Waals surface area (Å²) in [5.74, 6) is -1.53. The van der Waals surface area contributed by atoms with Crippen LogP contribution in [0.4, 0.5) is 0 Å². The van der Waals surface area contributed by atoms with Crippen LogP contribution in [0.2, 0.25) is 0 Å². The van der Waals surface area contributed by atoms with Gasteiger partial charge in [-0.15, -0.1) is 14.5 Å². The highest BCUT2D eigenvalue weighted by molar-refractivity contribution is 5.79. The van der Waals surface area contributed by atoms with Gasteiger partial charge in [0.25, 0.3) is 6.04 Å². The van der Waals surface area contributed by atoms with E-state index in [-0.39, 0.29) is 17.7 Å². The zero-order chi connectivity index (χ0) is 13.7. The molecule has 1 unspecified atom stereocenters. The van der Waals surface area contributed by atoms with Crippen molar-refractivity contribution < 1.29 is 38.6 Å². The maximum atomic E-state index is 12.0. The Kier molecular flexibility index (Phi) is 2.55. The third-order valence-electron chi connectivity index (χ3n) is 3.87. The van der Waals surface area contributed by atoms with E-state index < -0.39 is 29.0 Å². The molecule has 3 aliphatic rings. The minimum absolute atomic E-state index is 0.0751. The Hall–Kier alpha value is -1.67. The quantitative estimate of drug-likeness (QED) is 0.525. The first-order valence-corrected chi connectivity index (χ1v) is 6.47. The molecule has 0 aliphatic carbocycles.